The van der Waals surface area contributed by atoms with Crippen LogP contribution < -0.4 is 0 Å². The van der Waals surface area contributed by atoms with Crippen LogP contribution in [0.15, 0.2) is 97.1 Å². The molecule has 0 bridgehead atoms. The van der Waals surface area contributed by atoms with E-state index >= 15 is 0 Å². The zero-order valence-electron chi connectivity index (χ0n) is 17.3. The van der Waals surface area contributed by atoms with Gasteiger partial charge < -0.3 is 0 Å². The number of rotatable bonds is 1. The van der Waals surface area contributed by atoms with E-state index in [9.17, 15) is 0 Å². The van der Waals surface area contributed by atoms with Crippen molar-refractivity contribution in [3.05, 3.63) is 119 Å². The summed E-state index contributed by atoms with van der Waals surface area (Å²) in [6.45, 7) is 0. The van der Waals surface area contributed by atoms with Crippen LogP contribution in [-0.2, 0) is 9.49 Å². The van der Waals surface area contributed by atoms with E-state index in [0.29, 0.717) is 0 Å². The quantitative estimate of drug-likeness (QED) is 0.204. The SMILES string of the molecule is c1ccc(-c2ccc3c4c(cccc24)C24SSSSSC32c2cccc3cccc4c23)cc1. The maximum atomic E-state index is 2.44. The highest BCUT2D eigenvalue weighted by Gasteiger charge is 2.67. The van der Waals surface area contributed by atoms with E-state index < -0.39 is 0 Å². The van der Waals surface area contributed by atoms with Crippen molar-refractivity contribution in [2.24, 2.45) is 0 Å². The summed E-state index contributed by atoms with van der Waals surface area (Å²) in [7, 11) is 9.91. The highest BCUT2D eigenvalue weighted by molar-refractivity contribution is 9.36. The smallest absolute Gasteiger partial charge is 0.0628 e. The van der Waals surface area contributed by atoms with E-state index in [-0.39, 0.29) is 9.49 Å². The summed E-state index contributed by atoms with van der Waals surface area (Å²) in [4.78, 5) is 0. The molecule has 33 heavy (non-hydrogen) atoms. The fourth-order valence-corrected chi connectivity index (χ4v) is 18.0. The van der Waals surface area contributed by atoms with Crippen LogP contribution in [0.4, 0.5) is 0 Å². The number of hydrogen-bond acceptors (Lipinski definition) is 5. The fourth-order valence-electron chi connectivity index (χ4n) is 6.28. The lowest BCUT2D eigenvalue weighted by Gasteiger charge is -2.40. The van der Waals surface area contributed by atoms with E-state index in [1.165, 1.54) is 54.9 Å². The maximum Gasteiger partial charge on any atom is 0.102 e. The average molecular weight is 513 g/mol. The molecule has 2 atom stereocenters. The highest BCUT2D eigenvalue weighted by atomic mass is 33.8. The maximum absolute atomic E-state index is 2.44. The topological polar surface area (TPSA) is 0 Å². The van der Waals surface area contributed by atoms with Crippen LogP contribution in [0.5, 0.6) is 0 Å². The Balaban J connectivity index is 1.57. The largest absolute Gasteiger partial charge is 0.102 e. The Labute approximate surface area is 211 Å². The van der Waals surface area contributed by atoms with Crippen molar-refractivity contribution in [1.82, 2.24) is 0 Å². The van der Waals surface area contributed by atoms with Gasteiger partial charge in [-0.15, -0.1) is 0 Å². The predicted molar refractivity (Wildman–Crippen MR) is 153 cm³/mol. The van der Waals surface area contributed by atoms with Crippen molar-refractivity contribution >= 4 is 72.6 Å². The summed E-state index contributed by atoms with van der Waals surface area (Å²) in [5.74, 6) is 0. The van der Waals surface area contributed by atoms with E-state index in [1.54, 1.807) is 0 Å². The Morgan fingerprint density at radius 2 is 1.06 bits per heavy atom. The first kappa shape index (κ1) is 19.7. The first-order valence-corrected chi connectivity index (χ1v) is 17.0. The van der Waals surface area contributed by atoms with Crippen LogP contribution in [0.1, 0.15) is 22.3 Å². The Bertz CT molecular complexity index is 1550. The molecule has 2 aliphatic carbocycles. The molecule has 0 N–H and O–H groups in total. The van der Waals surface area contributed by atoms with Crippen LogP contribution in [0.3, 0.4) is 0 Å². The van der Waals surface area contributed by atoms with E-state index in [2.05, 4.69) is 119 Å². The van der Waals surface area contributed by atoms with Gasteiger partial charge in [-0.3, -0.25) is 0 Å². The number of hydrogen-bond donors (Lipinski definition) is 0. The van der Waals surface area contributed by atoms with Gasteiger partial charge in [0.2, 0.25) is 0 Å². The second-order valence-electron chi connectivity index (χ2n) is 8.70. The van der Waals surface area contributed by atoms with Gasteiger partial charge in [0.25, 0.3) is 0 Å². The normalized spacial score (nSPS) is 24.6. The van der Waals surface area contributed by atoms with Crippen LogP contribution in [0.25, 0.3) is 32.7 Å². The van der Waals surface area contributed by atoms with Gasteiger partial charge in [-0.2, -0.15) is 0 Å². The molecular weight excluding hydrogens is 497 g/mol. The van der Waals surface area contributed by atoms with Gasteiger partial charge in [-0.1, -0.05) is 119 Å². The second-order valence-corrected chi connectivity index (χ2v) is 16.6. The third-order valence-electron chi connectivity index (χ3n) is 7.42. The van der Waals surface area contributed by atoms with Crippen molar-refractivity contribution < 1.29 is 0 Å². The summed E-state index contributed by atoms with van der Waals surface area (Å²) in [6, 6.07) is 36.5. The van der Waals surface area contributed by atoms with Crippen LogP contribution in [0, 0.1) is 0 Å². The Morgan fingerprint density at radius 1 is 0.455 bits per heavy atom. The first-order valence-electron chi connectivity index (χ1n) is 10.9. The second kappa shape index (κ2) is 6.96. The molecule has 0 aromatic heterocycles. The molecule has 1 heterocycles. The van der Waals surface area contributed by atoms with Gasteiger partial charge >= 0.3 is 0 Å². The van der Waals surface area contributed by atoms with Gasteiger partial charge in [-0.05, 0) is 84.4 Å². The molecular formula is C28H16S5. The van der Waals surface area contributed by atoms with Gasteiger partial charge in [0.15, 0.2) is 0 Å². The van der Waals surface area contributed by atoms with Crippen molar-refractivity contribution in [3.8, 4) is 11.1 Å². The predicted octanol–water partition coefficient (Wildman–Crippen LogP) is 9.81. The van der Waals surface area contributed by atoms with Crippen LogP contribution >= 0.6 is 51.1 Å². The van der Waals surface area contributed by atoms with E-state index in [1.807, 2.05) is 29.5 Å². The van der Waals surface area contributed by atoms with Gasteiger partial charge in [0.1, 0.15) is 9.49 Å². The third-order valence-corrected chi connectivity index (χ3v) is 17.3. The monoisotopic (exact) mass is 512 g/mol. The molecule has 0 nitrogen and oxygen atoms in total. The van der Waals surface area contributed by atoms with Gasteiger partial charge in [-0.25, -0.2) is 0 Å². The average Bonchev–Trinajstić information content (AvgIpc) is 3.14. The Hall–Kier alpha value is -1.63. The lowest BCUT2D eigenvalue weighted by Crippen LogP contribution is -2.37. The van der Waals surface area contributed by atoms with E-state index in [0.717, 1.165) is 0 Å². The minimum atomic E-state index is -0.140. The van der Waals surface area contributed by atoms with Gasteiger partial charge in [0, 0.05) is 0 Å². The lowest BCUT2D eigenvalue weighted by molar-refractivity contribution is 0.655. The molecule has 8 rings (SSSR count). The fraction of sp³-hybridized carbons (Fsp3) is 0.0714. The lowest BCUT2D eigenvalue weighted by atomic mass is 9.85. The van der Waals surface area contributed by atoms with Gasteiger partial charge in [0.05, 0.1) is 0 Å². The Morgan fingerprint density at radius 3 is 1.76 bits per heavy atom. The third kappa shape index (κ3) is 2.24. The molecule has 1 saturated heterocycles. The molecule has 5 aromatic rings. The van der Waals surface area contributed by atoms with Crippen molar-refractivity contribution in [1.29, 1.82) is 0 Å². The summed E-state index contributed by atoms with van der Waals surface area (Å²) in [5.41, 5.74) is 8.53. The Kier molecular flexibility index (Phi) is 4.14. The summed E-state index contributed by atoms with van der Waals surface area (Å²) < 4.78 is -0.279. The molecule has 0 amide bonds. The summed E-state index contributed by atoms with van der Waals surface area (Å²) in [6.07, 6.45) is 0. The molecule has 3 aliphatic rings. The molecule has 5 heteroatoms. The molecule has 2 unspecified atom stereocenters. The summed E-state index contributed by atoms with van der Waals surface area (Å²) in [5, 5.41) is 5.65. The minimum Gasteiger partial charge on any atom is -0.0628 e. The van der Waals surface area contributed by atoms with Crippen molar-refractivity contribution in [2.75, 3.05) is 0 Å². The van der Waals surface area contributed by atoms with Crippen LogP contribution in [0.2, 0.25) is 0 Å². The number of benzene rings is 5. The molecule has 1 fully saturated rings. The van der Waals surface area contributed by atoms with E-state index in [4.69, 9.17) is 0 Å². The highest BCUT2D eigenvalue weighted by Crippen LogP contribution is 2.82. The molecule has 158 valence electrons. The molecule has 0 radical (unpaired) electrons. The van der Waals surface area contributed by atoms with Crippen LogP contribution in [-0.4, -0.2) is 0 Å². The molecule has 0 saturated carbocycles. The standard InChI is InChI=1S/C28H16S5/c1-2-7-17(8-3-1)19-15-16-24-26-20(19)11-6-14-23(26)27-21-12-4-9-18-10-5-13-22(25(18)21)28(24,27)30-32-33-31-29-27/h1-16H. The van der Waals surface area contributed by atoms with Crippen molar-refractivity contribution in [3.63, 3.8) is 0 Å². The summed E-state index contributed by atoms with van der Waals surface area (Å²) >= 11 is 0. The van der Waals surface area contributed by atoms with Crippen molar-refractivity contribution in [2.45, 2.75) is 9.49 Å². The first-order chi connectivity index (χ1) is 16.4. The molecule has 5 aromatic carbocycles. The molecule has 0 spiro atoms. The zero-order chi connectivity index (χ0) is 21.6. The minimum absolute atomic E-state index is 0.140. The zero-order valence-corrected chi connectivity index (χ0v) is 21.4. The molecule has 1 aliphatic heterocycles.